The van der Waals surface area contributed by atoms with Crippen LogP contribution in [0, 0.1) is 0 Å². The largest absolute Gasteiger partial charge is 0.456 e. The average Bonchev–Trinajstić information content (AvgIpc) is 3.68. The summed E-state index contributed by atoms with van der Waals surface area (Å²) in [6.07, 6.45) is 4.14. The van der Waals surface area contributed by atoms with Crippen molar-refractivity contribution < 1.29 is 4.74 Å². The molecule has 0 bridgehead atoms. The zero-order valence-electron chi connectivity index (χ0n) is 24.2. The Morgan fingerprint density at radius 1 is 0.511 bits per heavy atom. The number of imidazole rings is 1. The topological polar surface area (TPSA) is 31.5 Å². The summed E-state index contributed by atoms with van der Waals surface area (Å²) in [7, 11) is 0. The summed E-state index contributed by atoms with van der Waals surface area (Å²) in [6.45, 7) is 0. The first-order valence-electron chi connectivity index (χ1n) is 15.2. The van der Waals surface area contributed by atoms with Crippen molar-refractivity contribution in [3.63, 3.8) is 0 Å². The Morgan fingerprint density at radius 2 is 1.27 bits per heavy atom. The van der Waals surface area contributed by atoms with Gasteiger partial charge in [0, 0.05) is 45.4 Å². The van der Waals surface area contributed by atoms with Gasteiger partial charge in [-0.1, -0.05) is 91.0 Å². The van der Waals surface area contributed by atoms with Gasteiger partial charge in [-0.3, -0.25) is 0 Å². The summed E-state index contributed by atoms with van der Waals surface area (Å²) >= 11 is 0. The van der Waals surface area contributed by atoms with Crippen molar-refractivity contribution in [2.24, 2.45) is 0 Å². The Balaban J connectivity index is 1.21. The molecule has 1 aliphatic rings. The molecular formula is C41H25N3O. The van der Waals surface area contributed by atoms with Crippen LogP contribution >= 0.6 is 0 Å². The van der Waals surface area contributed by atoms with Gasteiger partial charge in [-0.05, 0) is 70.6 Å². The second kappa shape index (κ2) is 9.18. The number of nitrogens with zero attached hydrogens (tertiary/aromatic N) is 3. The molecule has 6 aromatic carbocycles. The monoisotopic (exact) mass is 575 g/mol. The molecule has 4 heterocycles. The first-order valence-corrected chi connectivity index (χ1v) is 15.2. The van der Waals surface area contributed by atoms with E-state index in [2.05, 4.69) is 124 Å². The van der Waals surface area contributed by atoms with E-state index in [0.717, 1.165) is 50.6 Å². The van der Waals surface area contributed by atoms with Crippen LogP contribution in [0.4, 0.5) is 0 Å². The number of hydrogen-bond donors (Lipinski definition) is 0. The summed E-state index contributed by atoms with van der Waals surface area (Å²) in [5.74, 6) is 1.81. The highest BCUT2D eigenvalue weighted by molar-refractivity contribution is 6.13. The molecule has 0 amide bonds. The molecule has 0 unspecified atom stereocenters. The van der Waals surface area contributed by atoms with E-state index < -0.39 is 0 Å². The first kappa shape index (κ1) is 24.3. The SMILES string of the molecule is c1ccc(-n2c3cc(-c4cn5ccccc5n4)ccc3c3ccc(-c4ccc5c6c(cccc46)-c4ccccc4O5)cc32)cc1. The van der Waals surface area contributed by atoms with Crippen LogP contribution in [0.5, 0.6) is 11.5 Å². The van der Waals surface area contributed by atoms with E-state index in [1.54, 1.807) is 0 Å². The van der Waals surface area contributed by atoms with Gasteiger partial charge in [0.1, 0.15) is 17.1 Å². The number of fused-ring (bicyclic) bond motifs is 6. The Morgan fingerprint density at radius 3 is 2.13 bits per heavy atom. The maximum Gasteiger partial charge on any atom is 0.137 e. The molecule has 210 valence electrons. The zero-order valence-corrected chi connectivity index (χ0v) is 24.2. The number of aromatic nitrogens is 3. The molecule has 0 spiro atoms. The van der Waals surface area contributed by atoms with Gasteiger partial charge in [-0.15, -0.1) is 0 Å². The number of ether oxygens (including phenoxy) is 1. The molecule has 45 heavy (non-hydrogen) atoms. The number of hydrogen-bond acceptors (Lipinski definition) is 2. The molecule has 1 aliphatic heterocycles. The van der Waals surface area contributed by atoms with E-state index >= 15 is 0 Å². The summed E-state index contributed by atoms with van der Waals surface area (Å²) in [5, 5.41) is 4.79. The smallest absolute Gasteiger partial charge is 0.137 e. The standard InChI is InChI=1S/C41H25N3O/c1-2-9-28(10-3-1)44-36-23-26(29-20-21-39-41-33(29)12-8-13-34(41)32-11-4-5-14-38(32)45-39)16-18-30(36)31-19-17-27(24-37(31)44)35-25-43-22-7-6-15-40(43)42-35/h1-25H. The highest BCUT2D eigenvalue weighted by atomic mass is 16.5. The quantitative estimate of drug-likeness (QED) is 0.210. The van der Waals surface area contributed by atoms with Crippen molar-refractivity contribution in [3.05, 3.63) is 152 Å². The third-order valence-electron chi connectivity index (χ3n) is 9.15. The van der Waals surface area contributed by atoms with E-state index in [4.69, 9.17) is 9.72 Å². The van der Waals surface area contributed by atoms with Crippen LogP contribution in [0.25, 0.3) is 77.4 Å². The second-order valence-electron chi connectivity index (χ2n) is 11.7. The van der Waals surface area contributed by atoms with E-state index in [9.17, 15) is 0 Å². The third-order valence-corrected chi connectivity index (χ3v) is 9.15. The van der Waals surface area contributed by atoms with E-state index in [1.807, 2.05) is 36.5 Å². The lowest BCUT2D eigenvalue weighted by molar-refractivity contribution is 0.487. The lowest BCUT2D eigenvalue weighted by atomic mass is 9.90. The number of rotatable bonds is 3. The Kier molecular flexibility index (Phi) is 4.96. The average molecular weight is 576 g/mol. The maximum absolute atomic E-state index is 6.38. The van der Waals surface area contributed by atoms with Crippen molar-refractivity contribution in [1.82, 2.24) is 14.0 Å². The summed E-state index contributed by atoms with van der Waals surface area (Å²) in [5.41, 5.74) is 11.2. The van der Waals surface area contributed by atoms with Crippen LogP contribution in [0.3, 0.4) is 0 Å². The lowest BCUT2D eigenvalue weighted by Crippen LogP contribution is -1.97. The number of para-hydroxylation sites is 2. The van der Waals surface area contributed by atoms with Crippen molar-refractivity contribution in [2.75, 3.05) is 0 Å². The maximum atomic E-state index is 6.38. The minimum atomic E-state index is 0.905. The fourth-order valence-corrected chi connectivity index (χ4v) is 7.11. The fraction of sp³-hybridized carbons (Fsp3) is 0. The van der Waals surface area contributed by atoms with Crippen molar-refractivity contribution in [1.29, 1.82) is 0 Å². The summed E-state index contributed by atoms with van der Waals surface area (Å²) in [6, 6.07) is 49.5. The minimum Gasteiger partial charge on any atom is -0.456 e. The molecule has 3 aromatic heterocycles. The van der Waals surface area contributed by atoms with Crippen LogP contribution < -0.4 is 4.74 Å². The van der Waals surface area contributed by atoms with Gasteiger partial charge < -0.3 is 13.7 Å². The normalized spacial score (nSPS) is 12.2. The third kappa shape index (κ3) is 3.57. The van der Waals surface area contributed by atoms with Crippen LogP contribution in [0.15, 0.2) is 152 Å². The van der Waals surface area contributed by atoms with Gasteiger partial charge in [-0.2, -0.15) is 0 Å². The highest BCUT2D eigenvalue weighted by Crippen LogP contribution is 2.48. The molecule has 0 fully saturated rings. The van der Waals surface area contributed by atoms with Crippen LogP contribution in [0.1, 0.15) is 0 Å². The van der Waals surface area contributed by atoms with E-state index in [0.29, 0.717) is 0 Å². The van der Waals surface area contributed by atoms with Gasteiger partial charge in [-0.25, -0.2) is 4.98 Å². The summed E-state index contributed by atoms with van der Waals surface area (Å²) in [4.78, 5) is 4.91. The molecule has 9 aromatic rings. The predicted octanol–water partition coefficient (Wildman–Crippen LogP) is 10.7. The molecule has 10 rings (SSSR count). The minimum absolute atomic E-state index is 0.905. The van der Waals surface area contributed by atoms with Gasteiger partial charge in [0.25, 0.3) is 0 Å². The molecule has 4 nitrogen and oxygen atoms in total. The van der Waals surface area contributed by atoms with Crippen molar-refractivity contribution in [2.45, 2.75) is 0 Å². The van der Waals surface area contributed by atoms with Gasteiger partial charge in [0.05, 0.1) is 16.7 Å². The lowest BCUT2D eigenvalue weighted by Gasteiger charge is -2.22. The van der Waals surface area contributed by atoms with Crippen LogP contribution in [-0.4, -0.2) is 14.0 Å². The fourth-order valence-electron chi connectivity index (χ4n) is 7.11. The summed E-state index contributed by atoms with van der Waals surface area (Å²) < 4.78 is 10.8. The van der Waals surface area contributed by atoms with Crippen LogP contribution in [-0.2, 0) is 0 Å². The zero-order chi connectivity index (χ0) is 29.5. The first-order chi connectivity index (χ1) is 22.3. The van der Waals surface area contributed by atoms with Gasteiger partial charge in [0.2, 0.25) is 0 Å². The molecule has 0 aliphatic carbocycles. The Bertz CT molecular complexity index is 2590. The molecule has 0 atom stereocenters. The number of pyridine rings is 1. The van der Waals surface area contributed by atoms with E-state index in [-0.39, 0.29) is 0 Å². The highest BCUT2D eigenvalue weighted by Gasteiger charge is 2.22. The Labute approximate surface area is 259 Å². The van der Waals surface area contributed by atoms with Gasteiger partial charge in [0.15, 0.2) is 0 Å². The van der Waals surface area contributed by atoms with Crippen molar-refractivity contribution in [3.8, 4) is 50.7 Å². The molecule has 0 N–H and O–H groups in total. The van der Waals surface area contributed by atoms with Gasteiger partial charge >= 0.3 is 0 Å². The molecule has 0 saturated heterocycles. The molecule has 0 radical (unpaired) electrons. The second-order valence-corrected chi connectivity index (χ2v) is 11.7. The number of benzene rings is 6. The van der Waals surface area contributed by atoms with E-state index in [1.165, 1.54) is 38.4 Å². The molecular weight excluding hydrogens is 550 g/mol. The molecule has 0 saturated carbocycles. The molecule has 4 heteroatoms. The Hall–Kier alpha value is -6.13. The predicted molar refractivity (Wildman–Crippen MR) is 183 cm³/mol. The van der Waals surface area contributed by atoms with Crippen LogP contribution in [0.2, 0.25) is 0 Å². The van der Waals surface area contributed by atoms with Crippen molar-refractivity contribution >= 4 is 38.2 Å².